The van der Waals surface area contributed by atoms with Crippen molar-refractivity contribution in [2.75, 3.05) is 17.7 Å². The van der Waals surface area contributed by atoms with Gasteiger partial charge < -0.3 is 15.4 Å². The van der Waals surface area contributed by atoms with E-state index in [1.54, 1.807) is 37.6 Å². The number of ether oxygens (including phenoxy) is 1. The van der Waals surface area contributed by atoms with E-state index in [1.807, 2.05) is 43.3 Å². The highest BCUT2D eigenvalue weighted by atomic mass is 16.5. The molecule has 2 N–H and O–H groups in total. The quantitative estimate of drug-likeness (QED) is 0.727. The van der Waals surface area contributed by atoms with Gasteiger partial charge in [-0.05, 0) is 48.9 Å². The molecule has 1 heterocycles. The second-order valence-corrected chi connectivity index (χ2v) is 5.56. The molecule has 0 atom stereocenters. The SMILES string of the molecule is COc1cccc(C(=O)Nc2ccc(Nc3ccccc3C)nc2)c1. The van der Waals surface area contributed by atoms with E-state index in [9.17, 15) is 4.79 Å². The number of pyridine rings is 1. The van der Waals surface area contributed by atoms with Crippen molar-refractivity contribution in [3.8, 4) is 5.75 Å². The Morgan fingerprint density at radius 1 is 1.04 bits per heavy atom. The van der Waals surface area contributed by atoms with Crippen LogP contribution in [0, 0.1) is 6.92 Å². The minimum absolute atomic E-state index is 0.208. The summed E-state index contributed by atoms with van der Waals surface area (Å²) in [4.78, 5) is 16.6. The number of nitrogens with zero attached hydrogens (tertiary/aromatic N) is 1. The predicted molar refractivity (Wildman–Crippen MR) is 99.6 cm³/mol. The van der Waals surface area contributed by atoms with Gasteiger partial charge in [0.2, 0.25) is 0 Å². The first kappa shape index (κ1) is 16.5. The van der Waals surface area contributed by atoms with Crippen LogP contribution in [0.5, 0.6) is 5.75 Å². The van der Waals surface area contributed by atoms with Crippen molar-refractivity contribution in [2.45, 2.75) is 6.92 Å². The van der Waals surface area contributed by atoms with E-state index >= 15 is 0 Å². The second-order valence-electron chi connectivity index (χ2n) is 5.56. The van der Waals surface area contributed by atoms with Crippen LogP contribution in [0.25, 0.3) is 0 Å². The van der Waals surface area contributed by atoms with Crippen LogP contribution in [0.3, 0.4) is 0 Å². The number of methoxy groups -OCH3 is 1. The molecule has 3 aromatic rings. The summed E-state index contributed by atoms with van der Waals surface area (Å²) < 4.78 is 5.14. The summed E-state index contributed by atoms with van der Waals surface area (Å²) in [5.41, 5.74) is 3.30. The molecule has 2 aromatic carbocycles. The zero-order chi connectivity index (χ0) is 17.6. The first-order valence-corrected chi connectivity index (χ1v) is 7.90. The van der Waals surface area contributed by atoms with Crippen molar-refractivity contribution in [2.24, 2.45) is 0 Å². The van der Waals surface area contributed by atoms with Gasteiger partial charge in [-0.15, -0.1) is 0 Å². The van der Waals surface area contributed by atoms with Crippen molar-refractivity contribution in [1.29, 1.82) is 0 Å². The highest BCUT2D eigenvalue weighted by Gasteiger charge is 2.07. The topological polar surface area (TPSA) is 63.2 Å². The maximum atomic E-state index is 12.3. The Bertz CT molecular complexity index is 876. The Labute approximate surface area is 146 Å². The molecule has 0 radical (unpaired) electrons. The van der Waals surface area contributed by atoms with E-state index in [0.29, 0.717) is 22.8 Å². The van der Waals surface area contributed by atoms with Gasteiger partial charge in [-0.1, -0.05) is 24.3 Å². The molecule has 1 aromatic heterocycles. The number of rotatable bonds is 5. The van der Waals surface area contributed by atoms with Crippen LogP contribution < -0.4 is 15.4 Å². The number of nitrogens with one attached hydrogen (secondary N) is 2. The third kappa shape index (κ3) is 4.14. The molecule has 0 aliphatic rings. The van der Waals surface area contributed by atoms with Gasteiger partial charge in [-0.25, -0.2) is 4.98 Å². The third-order valence-electron chi connectivity index (χ3n) is 3.76. The summed E-state index contributed by atoms with van der Waals surface area (Å²) in [6, 6.07) is 18.6. The average Bonchev–Trinajstić information content (AvgIpc) is 2.65. The lowest BCUT2D eigenvalue weighted by molar-refractivity contribution is 0.102. The molecule has 126 valence electrons. The van der Waals surface area contributed by atoms with Crippen LogP contribution in [0.15, 0.2) is 66.9 Å². The number of aryl methyl sites for hydroxylation is 1. The fourth-order valence-electron chi connectivity index (χ4n) is 2.36. The Morgan fingerprint density at radius 2 is 1.88 bits per heavy atom. The van der Waals surface area contributed by atoms with Crippen molar-refractivity contribution in [3.63, 3.8) is 0 Å². The molecule has 0 bridgehead atoms. The number of aromatic nitrogens is 1. The zero-order valence-corrected chi connectivity index (χ0v) is 14.1. The average molecular weight is 333 g/mol. The van der Waals surface area contributed by atoms with Crippen LogP contribution in [0.1, 0.15) is 15.9 Å². The van der Waals surface area contributed by atoms with E-state index in [0.717, 1.165) is 11.3 Å². The molecule has 0 aliphatic carbocycles. The molecule has 0 saturated carbocycles. The van der Waals surface area contributed by atoms with Gasteiger partial charge in [0.05, 0.1) is 19.0 Å². The number of carbonyl (C=O) groups is 1. The molecule has 1 amide bonds. The maximum Gasteiger partial charge on any atom is 0.255 e. The van der Waals surface area contributed by atoms with Gasteiger partial charge in [-0.2, -0.15) is 0 Å². The molecule has 25 heavy (non-hydrogen) atoms. The maximum absolute atomic E-state index is 12.3. The molecular formula is C20H19N3O2. The summed E-state index contributed by atoms with van der Waals surface area (Å²) in [7, 11) is 1.57. The highest BCUT2D eigenvalue weighted by Crippen LogP contribution is 2.20. The summed E-state index contributed by atoms with van der Waals surface area (Å²) in [5, 5.41) is 6.09. The first-order valence-electron chi connectivity index (χ1n) is 7.90. The van der Waals surface area contributed by atoms with Crippen LogP contribution >= 0.6 is 0 Å². The number of para-hydroxylation sites is 1. The molecule has 5 heteroatoms. The molecule has 3 rings (SSSR count). The summed E-state index contributed by atoms with van der Waals surface area (Å²) in [5.74, 6) is 1.15. The molecule has 0 saturated heterocycles. The normalized spacial score (nSPS) is 10.2. The van der Waals surface area contributed by atoms with Crippen molar-refractivity contribution in [3.05, 3.63) is 78.0 Å². The monoisotopic (exact) mass is 333 g/mol. The number of hydrogen-bond donors (Lipinski definition) is 2. The smallest absolute Gasteiger partial charge is 0.255 e. The van der Waals surface area contributed by atoms with Crippen molar-refractivity contribution < 1.29 is 9.53 Å². The Hall–Kier alpha value is -3.34. The standard InChI is InChI=1S/C20H19N3O2/c1-14-6-3-4-9-18(14)23-19-11-10-16(13-21-19)22-20(24)15-7-5-8-17(12-15)25-2/h3-13H,1-2H3,(H,21,23)(H,22,24). The number of hydrogen-bond acceptors (Lipinski definition) is 4. The lowest BCUT2D eigenvalue weighted by Gasteiger charge is -2.10. The molecule has 5 nitrogen and oxygen atoms in total. The number of benzene rings is 2. The molecule has 0 fully saturated rings. The number of amides is 1. The van der Waals surface area contributed by atoms with Gasteiger partial charge in [0.25, 0.3) is 5.91 Å². The van der Waals surface area contributed by atoms with Gasteiger partial charge >= 0.3 is 0 Å². The zero-order valence-electron chi connectivity index (χ0n) is 14.1. The van der Waals surface area contributed by atoms with Gasteiger partial charge in [0, 0.05) is 11.3 Å². The molecule has 0 spiro atoms. The van der Waals surface area contributed by atoms with Crippen LogP contribution in [-0.2, 0) is 0 Å². The van der Waals surface area contributed by atoms with E-state index in [4.69, 9.17) is 4.74 Å². The Morgan fingerprint density at radius 3 is 2.60 bits per heavy atom. The Balaban J connectivity index is 1.68. The van der Waals surface area contributed by atoms with Gasteiger partial charge in [0.15, 0.2) is 0 Å². The number of anilines is 3. The van der Waals surface area contributed by atoms with E-state index in [1.165, 1.54) is 0 Å². The van der Waals surface area contributed by atoms with Gasteiger partial charge in [-0.3, -0.25) is 4.79 Å². The fraction of sp³-hybridized carbons (Fsp3) is 0.100. The minimum atomic E-state index is -0.208. The highest BCUT2D eigenvalue weighted by molar-refractivity contribution is 6.04. The second kappa shape index (κ2) is 7.49. The van der Waals surface area contributed by atoms with Crippen LogP contribution in [0.4, 0.5) is 17.2 Å². The predicted octanol–water partition coefficient (Wildman–Crippen LogP) is 4.39. The summed E-state index contributed by atoms with van der Waals surface area (Å²) >= 11 is 0. The Kier molecular flexibility index (Phi) is 4.95. The molecule has 0 unspecified atom stereocenters. The summed E-state index contributed by atoms with van der Waals surface area (Å²) in [6.07, 6.45) is 1.62. The van der Waals surface area contributed by atoms with Crippen molar-refractivity contribution in [1.82, 2.24) is 4.98 Å². The molecule has 0 aliphatic heterocycles. The fourth-order valence-corrected chi connectivity index (χ4v) is 2.36. The lowest BCUT2D eigenvalue weighted by atomic mass is 10.2. The van der Waals surface area contributed by atoms with E-state index in [-0.39, 0.29) is 5.91 Å². The summed E-state index contributed by atoms with van der Waals surface area (Å²) in [6.45, 7) is 2.03. The van der Waals surface area contributed by atoms with Crippen LogP contribution in [0.2, 0.25) is 0 Å². The molecular weight excluding hydrogens is 314 g/mol. The minimum Gasteiger partial charge on any atom is -0.497 e. The van der Waals surface area contributed by atoms with E-state index in [2.05, 4.69) is 15.6 Å². The van der Waals surface area contributed by atoms with Crippen LogP contribution in [-0.4, -0.2) is 18.0 Å². The first-order chi connectivity index (χ1) is 12.2. The van der Waals surface area contributed by atoms with Crippen molar-refractivity contribution >= 4 is 23.1 Å². The lowest BCUT2D eigenvalue weighted by Crippen LogP contribution is -2.12. The third-order valence-corrected chi connectivity index (χ3v) is 3.76. The van der Waals surface area contributed by atoms with E-state index < -0.39 is 0 Å². The van der Waals surface area contributed by atoms with Gasteiger partial charge in [0.1, 0.15) is 11.6 Å². The number of carbonyl (C=O) groups excluding carboxylic acids is 1. The largest absolute Gasteiger partial charge is 0.497 e.